The minimum atomic E-state index is -0.701. The van der Waals surface area contributed by atoms with Crippen LogP contribution in [-0.4, -0.2) is 5.66 Å². The van der Waals surface area contributed by atoms with Gasteiger partial charge in [-0.05, 0) is 43.9 Å². The van der Waals surface area contributed by atoms with Crippen LogP contribution in [0.5, 0.6) is 0 Å². The van der Waals surface area contributed by atoms with Crippen LogP contribution in [0.1, 0.15) is 38.5 Å². The molecule has 2 aliphatic carbocycles. The Morgan fingerprint density at radius 2 is 1.45 bits per heavy atom. The molecule has 2 fully saturated rings. The summed E-state index contributed by atoms with van der Waals surface area (Å²) >= 11 is 0. The van der Waals surface area contributed by atoms with Gasteiger partial charge in [-0.3, -0.25) is 0 Å². The van der Waals surface area contributed by atoms with Crippen molar-refractivity contribution in [2.75, 3.05) is 0 Å². The molecule has 1 spiro atoms. The average molecular weight is 158 g/mol. The van der Waals surface area contributed by atoms with Gasteiger partial charge in [0.1, 0.15) is 0 Å². The summed E-state index contributed by atoms with van der Waals surface area (Å²) in [6, 6.07) is 0. The van der Waals surface area contributed by atoms with Crippen LogP contribution in [0.3, 0.4) is 0 Å². The monoisotopic (exact) mass is 158 g/mol. The lowest BCUT2D eigenvalue weighted by atomic mass is 9.80. The van der Waals surface area contributed by atoms with Crippen LogP contribution in [0.4, 0.5) is 4.48 Å². The fourth-order valence-corrected chi connectivity index (χ4v) is 2.00. The van der Waals surface area contributed by atoms with Crippen molar-refractivity contribution in [1.29, 1.82) is 0 Å². The van der Waals surface area contributed by atoms with Gasteiger partial charge >= 0.3 is 0 Å². The maximum absolute atomic E-state index is 12.2. The third-order valence-corrected chi connectivity index (χ3v) is 3.35. The molecule has 0 aliphatic heterocycles. The van der Waals surface area contributed by atoms with Crippen molar-refractivity contribution in [2.24, 2.45) is 11.1 Å². The first-order chi connectivity index (χ1) is 5.18. The Labute approximate surface area is 66.3 Å². The Hall–Kier alpha value is -0.150. The molecule has 0 saturated heterocycles. The normalized spacial score (nSPS) is 32.2. The van der Waals surface area contributed by atoms with E-state index in [1.807, 2.05) is 0 Å². The van der Waals surface area contributed by atoms with Crippen molar-refractivity contribution >= 4 is 0 Å². The minimum absolute atomic E-state index is 0.597. The molecule has 0 unspecified atom stereocenters. The van der Waals surface area contributed by atoms with Gasteiger partial charge in [0, 0.05) is 0 Å². The molecule has 2 aliphatic rings. The summed E-state index contributed by atoms with van der Waals surface area (Å²) in [7, 11) is 0. The van der Waals surface area contributed by atoms with Crippen LogP contribution in [-0.2, 0) is 0 Å². The maximum atomic E-state index is 12.2. The Kier molecular flexibility index (Phi) is 1.48. The predicted octanol–water partition coefficient (Wildman–Crippen LogP) is 1.47. The molecule has 0 heterocycles. The lowest BCUT2D eigenvalue weighted by Gasteiger charge is -2.35. The molecule has 0 aromatic carbocycles. The van der Waals surface area contributed by atoms with Gasteiger partial charge in [-0.1, -0.05) is 0 Å². The largest absolute Gasteiger partial charge is 0.311 e. The van der Waals surface area contributed by atoms with Gasteiger partial charge in [-0.2, -0.15) is 0 Å². The number of hydrogen-bond acceptors (Lipinski definition) is 2. The molecule has 0 aromatic heterocycles. The highest BCUT2D eigenvalue weighted by atomic mass is 19.2. The quantitative estimate of drug-likeness (QED) is 0.448. The molecule has 0 atom stereocenters. The van der Waals surface area contributed by atoms with Gasteiger partial charge in [-0.25, -0.2) is 0 Å². The highest BCUT2D eigenvalue weighted by Crippen LogP contribution is 2.57. The van der Waals surface area contributed by atoms with Gasteiger partial charge in [0.2, 0.25) is 0 Å². The molecule has 11 heavy (non-hydrogen) atoms. The molecule has 0 radical (unpaired) electrons. The summed E-state index contributed by atoms with van der Waals surface area (Å²) < 4.78 is 12.2. The van der Waals surface area contributed by atoms with Crippen LogP contribution in [0.2, 0.25) is 0 Å². The first-order valence-electron chi connectivity index (χ1n) is 4.35. The standard InChI is InChI=1S/C8H15FN2/c9-11-8(10)5-3-7(1-2-7)4-6-8/h11H,1-6,10H2. The Morgan fingerprint density at radius 1 is 1.00 bits per heavy atom. The Bertz CT molecular complexity index is 155. The molecular weight excluding hydrogens is 143 g/mol. The second kappa shape index (κ2) is 2.17. The number of rotatable bonds is 1. The molecule has 0 bridgehead atoms. The van der Waals surface area contributed by atoms with E-state index in [0.717, 1.165) is 25.7 Å². The van der Waals surface area contributed by atoms with Gasteiger partial charge in [0.15, 0.2) is 0 Å². The number of nitrogens with one attached hydrogen (secondary N) is 1. The third-order valence-electron chi connectivity index (χ3n) is 3.35. The van der Waals surface area contributed by atoms with Crippen molar-refractivity contribution in [3.8, 4) is 0 Å². The fraction of sp³-hybridized carbons (Fsp3) is 1.00. The Morgan fingerprint density at radius 3 is 1.82 bits per heavy atom. The van der Waals surface area contributed by atoms with E-state index in [1.54, 1.807) is 5.54 Å². The highest BCUT2D eigenvalue weighted by molar-refractivity contribution is 5.00. The number of halogens is 1. The van der Waals surface area contributed by atoms with E-state index in [0.29, 0.717) is 5.41 Å². The van der Waals surface area contributed by atoms with E-state index < -0.39 is 5.66 Å². The van der Waals surface area contributed by atoms with Gasteiger partial charge in [0.05, 0.1) is 5.66 Å². The van der Waals surface area contributed by atoms with Crippen LogP contribution in [0.15, 0.2) is 0 Å². The van der Waals surface area contributed by atoms with Crippen LogP contribution in [0.25, 0.3) is 0 Å². The van der Waals surface area contributed by atoms with E-state index >= 15 is 0 Å². The third kappa shape index (κ3) is 1.27. The van der Waals surface area contributed by atoms with Crippen molar-refractivity contribution in [1.82, 2.24) is 5.54 Å². The summed E-state index contributed by atoms with van der Waals surface area (Å²) in [5.74, 6) is 0. The van der Waals surface area contributed by atoms with Crippen LogP contribution >= 0.6 is 0 Å². The highest BCUT2D eigenvalue weighted by Gasteiger charge is 2.48. The number of nitrogens with two attached hydrogens (primary N) is 1. The molecule has 3 heteroatoms. The zero-order valence-electron chi connectivity index (χ0n) is 6.70. The van der Waals surface area contributed by atoms with E-state index in [9.17, 15) is 4.48 Å². The van der Waals surface area contributed by atoms with E-state index in [2.05, 4.69) is 0 Å². The summed E-state index contributed by atoms with van der Waals surface area (Å²) in [6.45, 7) is 0. The predicted molar refractivity (Wildman–Crippen MR) is 41.3 cm³/mol. The molecule has 3 N–H and O–H groups in total. The molecular formula is C8H15FN2. The van der Waals surface area contributed by atoms with E-state index in [4.69, 9.17) is 5.73 Å². The second-order valence-corrected chi connectivity index (χ2v) is 4.25. The summed E-state index contributed by atoms with van der Waals surface area (Å²) in [5, 5.41) is 0. The first kappa shape index (κ1) is 7.50. The molecule has 2 nitrogen and oxygen atoms in total. The fourth-order valence-electron chi connectivity index (χ4n) is 2.00. The van der Waals surface area contributed by atoms with Crippen molar-refractivity contribution in [3.05, 3.63) is 0 Å². The van der Waals surface area contributed by atoms with Crippen molar-refractivity contribution in [3.63, 3.8) is 0 Å². The first-order valence-corrected chi connectivity index (χ1v) is 4.35. The van der Waals surface area contributed by atoms with Crippen molar-refractivity contribution in [2.45, 2.75) is 44.2 Å². The maximum Gasteiger partial charge on any atom is 0.0947 e. The van der Waals surface area contributed by atoms with Crippen LogP contribution < -0.4 is 11.3 Å². The molecule has 2 rings (SSSR count). The molecule has 2 saturated carbocycles. The zero-order valence-corrected chi connectivity index (χ0v) is 6.70. The SMILES string of the molecule is NC1(NF)CCC2(CC2)CC1. The van der Waals surface area contributed by atoms with E-state index in [1.165, 1.54) is 12.8 Å². The summed E-state index contributed by atoms with van der Waals surface area (Å²) in [4.78, 5) is 0. The van der Waals surface area contributed by atoms with Gasteiger partial charge in [-0.15, -0.1) is 10.0 Å². The Balaban J connectivity index is 1.93. The van der Waals surface area contributed by atoms with Crippen LogP contribution in [0, 0.1) is 5.41 Å². The number of hydrogen-bond donors (Lipinski definition) is 2. The topological polar surface area (TPSA) is 38.0 Å². The second-order valence-electron chi connectivity index (χ2n) is 4.25. The molecule has 64 valence electrons. The summed E-state index contributed by atoms with van der Waals surface area (Å²) in [6.07, 6.45) is 6.50. The zero-order chi connectivity index (χ0) is 7.95. The van der Waals surface area contributed by atoms with E-state index in [-0.39, 0.29) is 0 Å². The molecule has 0 aromatic rings. The average Bonchev–Trinajstić information content (AvgIpc) is 2.78. The smallest absolute Gasteiger partial charge is 0.0947 e. The van der Waals surface area contributed by atoms with Crippen molar-refractivity contribution < 1.29 is 4.48 Å². The van der Waals surface area contributed by atoms with Gasteiger partial charge in [0.25, 0.3) is 0 Å². The summed E-state index contributed by atoms with van der Waals surface area (Å²) in [5.41, 5.74) is 7.34. The lowest BCUT2D eigenvalue weighted by molar-refractivity contribution is 0.101. The minimum Gasteiger partial charge on any atom is -0.311 e. The lowest BCUT2D eigenvalue weighted by Crippen LogP contribution is -2.52. The van der Waals surface area contributed by atoms with Gasteiger partial charge < -0.3 is 5.73 Å². The molecule has 0 amide bonds.